The Morgan fingerprint density at radius 3 is 2.85 bits per heavy atom. The zero-order valence-electron chi connectivity index (χ0n) is 14.6. The normalized spacial score (nSPS) is 12.6. The SMILES string of the molecule is Nc1cc(Cc2cnn(Cc3cccc4ccccc34)c2)c2c(n1)NNN2. The van der Waals surface area contributed by atoms with E-state index < -0.39 is 0 Å². The Morgan fingerprint density at radius 2 is 1.89 bits per heavy atom. The van der Waals surface area contributed by atoms with Crippen LogP contribution in [0.2, 0.25) is 0 Å². The zero-order chi connectivity index (χ0) is 18.2. The highest BCUT2D eigenvalue weighted by Crippen LogP contribution is 2.30. The Bertz CT molecular complexity index is 1130. The minimum Gasteiger partial charge on any atom is -0.384 e. The number of aromatic nitrogens is 3. The smallest absolute Gasteiger partial charge is 0.169 e. The lowest BCUT2D eigenvalue weighted by Gasteiger charge is -2.07. The molecule has 0 amide bonds. The first-order valence-corrected chi connectivity index (χ1v) is 8.81. The van der Waals surface area contributed by atoms with E-state index in [4.69, 9.17) is 5.73 Å². The molecule has 5 N–H and O–H groups in total. The lowest BCUT2D eigenvalue weighted by Crippen LogP contribution is -2.19. The minimum atomic E-state index is 0.491. The molecular weight excluding hydrogens is 338 g/mol. The van der Waals surface area contributed by atoms with Crippen molar-refractivity contribution in [3.63, 3.8) is 0 Å². The molecule has 0 saturated carbocycles. The number of fused-ring (bicyclic) bond motifs is 2. The van der Waals surface area contributed by atoms with Gasteiger partial charge < -0.3 is 11.2 Å². The predicted molar refractivity (Wildman–Crippen MR) is 107 cm³/mol. The fourth-order valence-corrected chi connectivity index (χ4v) is 3.55. The monoisotopic (exact) mass is 357 g/mol. The van der Waals surface area contributed by atoms with Gasteiger partial charge in [0.15, 0.2) is 5.82 Å². The van der Waals surface area contributed by atoms with E-state index in [-0.39, 0.29) is 0 Å². The van der Waals surface area contributed by atoms with Crippen LogP contribution in [0.3, 0.4) is 0 Å². The van der Waals surface area contributed by atoms with Crippen LogP contribution < -0.4 is 22.1 Å². The van der Waals surface area contributed by atoms with Crippen LogP contribution in [0, 0.1) is 0 Å². The third-order valence-electron chi connectivity index (χ3n) is 4.78. The molecular formula is C20H19N7. The summed E-state index contributed by atoms with van der Waals surface area (Å²) >= 11 is 0. The second-order valence-electron chi connectivity index (χ2n) is 6.67. The molecule has 7 heteroatoms. The molecule has 1 aliphatic heterocycles. The van der Waals surface area contributed by atoms with Crippen LogP contribution in [-0.4, -0.2) is 14.8 Å². The van der Waals surface area contributed by atoms with E-state index in [0.717, 1.165) is 29.8 Å². The molecule has 0 spiro atoms. The van der Waals surface area contributed by atoms with Gasteiger partial charge in [0.05, 0.1) is 18.4 Å². The van der Waals surface area contributed by atoms with Gasteiger partial charge in [-0.05, 0) is 33.5 Å². The van der Waals surface area contributed by atoms with Crippen molar-refractivity contribution in [2.24, 2.45) is 0 Å². The maximum absolute atomic E-state index is 5.92. The maximum Gasteiger partial charge on any atom is 0.169 e. The minimum absolute atomic E-state index is 0.491. The van der Waals surface area contributed by atoms with Gasteiger partial charge in [-0.25, -0.2) is 4.98 Å². The number of benzene rings is 2. The highest BCUT2D eigenvalue weighted by Gasteiger charge is 2.17. The lowest BCUT2D eigenvalue weighted by atomic mass is 10.0. The number of rotatable bonds is 4. The summed E-state index contributed by atoms with van der Waals surface area (Å²) in [6.07, 6.45) is 4.71. The van der Waals surface area contributed by atoms with E-state index >= 15 is 0 Å². The van der Waals surface area contributed by atoms with E-state index in [2.05, 4.69) is 75.1 Å². The summed E-state index contributed by atoms with van der Waals surface area (Å²) in [6, 6.07) is 16.7. The van der Waals surface area contributed by atoms with Gasteiger partial charge in [-0.1, -0.05) is 42.5 Å². The number of nitrogens with zero attached hydrogens (tertiary/aromatic N) is 3. The van der Waals surface area contributed by atoms with Crippen molar-refractivity contribution in [2.45, 2.75) is 13.0 Å². The van der Waals surface area contributed by atoms with Gasteiger partial charge in [0.1, 0.15) is 5.82 Å². The number of anilines is 3. The quantitative estimate of drug-likeness (QED) is 0.449. The molecule has 0 atom stereocenters. The molecule has 0 radical (unpaired) electrons. The maximum atomic E-state index is 5.92. The molecule has 134 valence electrons. The van der Waals surface area contributed by atoms with Gasteiger partial charge in [0.25, 0.3) is 0 Å². The van der Waals surface area contributed by atoms with Crippen LogP contribution in [-0.2, 0) is 13.0 Å². The van der Waals surface area contributed by atoms with Crippen LogP contribution in [0.1, 0.15) is 16.7 Å². The average Bonchev–Trinajstić information content (AvgIpc) is 3.31. The fourth-order valence-electron chi connectivity index (χ4n) is 3.55. The van der Waals surface area contributed by atoms with Gasteiger partial charge in [0.2, 0.25) is 0 Å². The van der Waals surface area contributed by atoms with Crippen LogP contribution in [0.15, 0.2) is 60.9 Å². The Labute approximate surface area is 156 Å². The summed E-state index contributed by atoms with van der Waals surface area (Å²) in [5.41, 5.74) is 19.2. The van der Waals surface area contributed by atoms with Crippen molar-refractivity contribution in [3.05, 3.63) is 77.6 Å². The van der Waals surface area contributed by atoms with E-state index in [0.29, 0.717) is 11.6 Å². The topological polar surface area (TPSA) is 92.8 Å². The molecule has 2 aromatic carbocycles. The predicted octanol–water partition coefficient (Wildman–Crippen LogP) is 2.91. The third-order valence-corrected chi connectivity index (χ3v) is 4.78. The molecule has 0 bridgehead atoms. The summed E-state index contributed by atoms with van der Waals surface area (Å²) in [6.45, 7) is 0.735. The summed E-state index contributed by atoms with van der Waals surface area (Å²) in [5.74, 6) is 1.21. The van der Waals surface area contributed by atoms with Crippen molar-refractivity contribution in [1.29, 1.82) is 0 Å². The van der Waals surface area contributed by atoms with Crippen molar-refractivity contribution in [3.8, 4) is 0 Å². The van der Waals surface area contributed by atoms with Crippen LogP contribution in [0.25, 0.3) is 10.8 Å². The van der Waals surface area contributed by atoms with Gasteiger partial charge in [-0.2, -0.15) is 5.10 Å². The first-order chi connectivity index (χ1) is 13.3. The fraction of sp³-hybridized carbons (Fsp3) is 0.100. The Balaban J connectivity index is 1.41. The molecule has 27 heavy (non-hydrogen) atoms. The highest BCUT2D eigenvalue weighted by molar-refractivity contribution is 5.85. The molecule has 3 heterocycles. The van der Waals surface area contributed by atoms with Crippen molar-refractivity contribution in [2.75, 3.05) is 16.6 Å². The third kappa shape index (κ3) is 2.94. The van der Waals surface area contributed by atoms with E-state index in [1.165, 1.54) is 16.3 Å². The summed E-state index contributed by atoms with van der Waals surface area (Å²) in [4.78, 5) is 4.27. The van der Waals surface area contributed by atoms with Gasteiger partial charge in [-0.15, -0.1) is 5.53 Å². The number of hydrogen-bond acceptors (Lipinski definition) is 6. The molecule has 5 rings (SSSR count). The number of nitrogens with one attached hydrogen (secondary N) is 3. The first kappa shape index (κ1) is 15.7. The number of hydrazine groups is 2. The summed E-state index contributed by atoms with van der Waals surface area (Å²) in [5, 5.41) is 7.06. The second kappa shape index (κ2) is 6.30. The summed E-state index contributed by atoms with van der Waals surface area (Å²) < 4.78 is 1.98. The van der Waals surface area contributed by atoms with E-state index in [1.54, 1.807) is 0 Å². The molecule has 0 unspecified atom stereocenters. The number of nitrogens with two attached hydrogens (primary N) is 1. The van der Waals surface area contributed by atoms with E-state index in [9.17, 15) is 0 Å². The lowest BCUT2D eigenvalue weighted by molar-refractivity contribution is 0.689. The number of pyridine rings is 1. The Kier molecular flexibility index (Phi) is 3.65. The van der Waals surface area contributed by atoms with Gasteiger partial charge in [0, 0.05) is 12.6 Å². The molecule has 0 saturated heterocycles. The molecule has 1 aliphatic rings. The first-order valence-electron chi connectivity index (χ1n) is 8.81. The molecule has 0 aliphatic carbocycles. The average molecular weight is 357 g/mol. The molecule has 4 aromatic rings. The zero-order valence-corrected chi connectivity index (χ0v) is 14.6. The van der Waals surface area contributed by atoms with Crippen LogP contribution in [0.5, 0.6) is 0 Å². The van der Waals surface area contributed by atoms with Gasteiger partial charge >= 0.3 is 0 Å². The number of nitrogen functional groups attached to an aromatic ring is 1. The molecule has 0 fully saturated rings. The van der Waals surface area contributed by atoms with E-state index in [1.807, 2.05) is 16.9 Å². The van der Waals surface area contributed by atoms with Crippen LogP contribution in [0.4, 0.5) is 17.3 Å². The number of hydrogen-bond donors (Lipinski definition) is 4. The standard InChI is InChI=1S/C20H19N7/c21-18-9-16(19-20(23-18)25-26-24-19)8-13-10-22-27(11-13)12-15-6-3-5-14-4-1-2-7-17(14)15/h1-7,9-11,24,26H,8,12H2,(H3,21,23,25). The van der Waals surface area contributed by atoms with Crippen molar-refractivity contribution >= 4 is 28.1 Å². The largest absolute Gasteiger partial charge is 0.384 e. The van der Waals surface area contributed by atoms with Crippen molar-refractivity contribution in [1.82, 2.24) is 20.3 Å². The molecule has 2 aromatic heterocycles. The Morgan fingerprint density at radius 1 is 1.00 bits per heavy atom. The second-order valence-corrected chi connectivity index (χ2v) is 6.67. The highest BCUT2D eigenvalue weighted by atomic mass is 15.6. The van der Waals surface area contributed by atoms with Crippen LogP contribution >= 0.6 is 0 Å². The van der Waals surface area contributed by atoms with Crippen molar-refractivity contribution < 1.29 is 0 Å². The summed E-state index contributed by atoms with van der Waals surface area (Å²) in [7, 11) is 0. The Hall–Kier alpha value is -3.58. The van der Waals surface area contributed by atoms with Gasteiger partial charge in [-0.3, -0.25) is 10.1 Å². The molecule has 7 nitrogen and oxygen atoms in total.